The number of likely N-dealkylation sites (tertiary alicyclic amines) is 1. The SMILES string of the molecule is O=C1CC(c2ccc(OC(F)F)c3oc4ccncc4c23)CN1C(=O)c1cccc(F)c1. The second-order valence-corrected chi connectivity index (χ2v) is 7.43. The van der Waals surface area contributed by atoms with Crippen molar-refractivity contribution in [2.45, 2.75) is 19.0 Å². The lowest BCUT2D eigenvalue weighted by atomic mass is 9.93. The number of benzene rings is 2. The number of nitrogens with zero attached hydrogens (tertiary/aromatic N) is 2. The Balaban J connectivity index is 1.56. The third-order valence-corrected chi connectivity index (χ3v) is 5.51. The van der Waals surface area contributed by atoms with E-state index in [2.05, 4.69) is 9.72 Å². The van der Waals surface area contributed by atoms with Gasteiger partial charge >= 0.3 is 6.61 Å². The van der Waals surface area contributed by atoms with Crippen LogP contribution in [0.25, 0.3) is 21.9 Å². The Kier molecular flexibility index (Phi) is 4.80. The topological polar surface area (TPSA) is 72.6 Å². The van der Waals surface area contributed by atoms with Gasteiger partial charge in [-0.15, -0.1) is 0 Å². The van der Waals surface area contributed by atoms with E-state index in [4.69, 9.17) is 4.42 Å². The Hall–Kier alpha value is -3.88. The highest BCUT2D eigenvalue weighted by Crippen LogP contribution is 2.42. The molecule has 1 aliphatic heterocycles. The molecule has 162 valence electrons. The number of rotatable bonds is 4. The number of alkyl halides is 2. The van der Waals surface area contributed by atoms with Crippen molar-refractivity contribution in [3.05, 3.63) is 71.8 Å². The third kappa shape index (κ3) is 3.35. The molecule has 2 aromatic carbocycles. The van der Waals surface area contributed by atoms with E-state index in [9.17, 15) is 22.8 Å². The highest BCUT2D eigenvalue weighted by molar-refractivity contribution is 6.10. The highest BCUT2D eigenvalue weighted by atomic mass is 19.3. The summed E-state index contributed by atoms with van der Waals surface area (Å²) in [6.45, 7) is -2.98. The molecule has 1 fully saturated rings. The number of halogens is 3. The van der Waals surface area contributed by atoms with Gasteiger partial charge in [-0.1, -0.05) is 12.1 Å². The fourth-order valence-electron chi connectivity index (χ4n) is 4.14. The van der Waals surface area contributed by atoms with Crippen molar-refractivity contribution in [2.75, 3.05) is 6.54 Å². The monoisotopic (exact) mass is 440 g/mol. The summed E-state index contributed by atoms with van der Waals surface area (Å²) in [6, 6.07) is 9.69. The van der Waals surface area contributed by atoms with Crippen LogP contribution in [0.1, 0.15) is 28.3 Å². The number of hydrogen-bond acceptors (Lipinski definition) is 5. The van der Waals surface area contributed by atoms with E-state index in [1.165, 1.54) is 30.5 Å². The van der Waals surface area contributed by atoms with Crippen LogP contribution in [0.3, 0.4) is 0 Å². The zero-order valence-electron chi connectivity index (χ0n) is 16.4. The molecular weight excluding hydrogens is 425 g/mol. The number of imide groups is 1. The van der Waals surface area contributed by atoms with Gasteiger partial charge in [0.05, 0.1) is 0 Å². The van der Waals surface area contributed by atoms with E-state index in [1.807, 2.05) is 0 Å². The summed E-state index contributed by atoms with van der Waals surface area (Å²) < 4.78 is 49.7. The average Bonchev–Trinajstić information content (AvgIpc) is 3.34. The van der Waals surface area contributed by atoms with Crippen molar-refractivity contribution in [2.24, 2.45) is 0 Å². The molecule has 3 heterocycles. The third-order valence-electron chi connectivity index (χ3n) is 5.51. The van der Waals surface area contributed by atoms with Crippen LogP contribution in [0, 0.1) is 5.82 Å². The molecule has 32 heavy (non-hydrogen) atoms. The summed E-state index contributed by atoms with van der Waals surface area (Å²) in [4.78, 5) is 30.6. The number of pyridine rings is 1. The lowest BCUT2D eigenvalue weighted by Gasteiger charge is -2.16. The van der Waals surface area contributed by atoms with Crippen LogP contribution in [0.15, 0.2) is 59.3 Å². The Morgan fingerprint density at radius 1 is 1.22 bits per heavy atom. The summed E-state index contributed by atoms with van der Waals surface area (Å²) in [5.41, 5.74) is 1.27. The van der Waals surface area contributed by atoms with Gasteiger partial charge in [0.1, 0.15) is 11.4 Å². The van der Waals surface area contributed by atoms with Crippen LogP contribution in [0.4, 0.5) is 13.2 Å². The van der Waals surface area contributed by atoms with Crippen molar-refractivity contribution in [1.82, 2.24) is 9.88 Å². The molecule has 1 saturated heterocycles. The van der Waals surface area contributed by atoms with Crippen LogP contribution in [0.2, 0.25) is 0 Å². The largest absolute Gasteiger partial charge is 0.452 e. The van der Waals surface area contributed by atoms with Gasteiger partial charge in [0.15, 0.2) is 11.3 Å². The van der Waals surface area contributed by atoms with Gasteiger partial charge in [-0.2, -0.15) is 8.78 Å². The molecule has 6 nitrogen and oxygen atoms in total. The Labute approximate surface area is 179 Å². The first kappa shape index (κ1) is 20.0. The molecule has 0 saturated carbocycles. The van der Waals surface area contributed by atoms with Gasteiger partial charge in [0, 0.05) is 47.6 Å². The van der Waals surface area contributed by atoms with Crippen molar-refractivity contribution >= 4 is 33.8 Å². The maximum atomic E-state index is 13.5. The van der Waals surface area contributed by atoms with E-state index in [1.54, 1.807) is 18.3 Å². The minimum Gasteiger partial charge on any atom is -0.452 e. The molecule has 0 aliphatic carbocycles. The first-order valence-electron chi connectivity index (χ1n) is 9.76. The Morgan fingerprint density at radius 3 is 2.84 bits per heavy atom. The number of furan rings is 1. The quantitative estimate of drug-likeness (QED) is 0.423. The zero-order valence-corrected chi connectivity index (χ0v) is 16.4. The molecule has 0 radical (unpaired) electrons. The van der Waals surface area contributed by atoms with Crippen molar-refractivity contribution < 1.29 is 31.9 Å². The van der Waals surface area contributed by atoms with Crippen LogP contribution in [0.5, 0.6) is 5.75 Å². The van der Waals surface area contributed by atoms with Gasteiger partial charge < -0.3 is 9.15 Å². The van der Waals surface area contributed by atoms with Crippen LogP contribution >= 0.6 is 0 Å². The molecule has 1 atom stereocenters. The lowest BCUT2D eigenvalue weighted by Crippen LogP contribution is -2.32. The fourth-order valence-corrected chi connectivity index (χ4v) is 4.14. The van der Waals surface area contributed by atoms with Gasteiger partial charge in [-0.05, 0) is 35.9 Å². The number of ether oxygens (including phenoxy) is 1. The molecule has 1 aliphatic rings. The van der Waals surface area contributed by atoms with Gasteiger partial charge in [0.25, 0.3) is 5.91 Å². The number of hydrogen-bond donors (Lipinski definition) is 0. The Morgan fingerprint density at radius 2 is 2.06 bits per heavy atom. The number of fused-ring (bicyclic) bond motifs is 3. The second-order valence-electron chi connectivity index (χ2n) is 7.43. The number of carbonyl (C=O) groups excluding carboxylic acids is 2. The Bertz CT molecular complexity index is 1370. The first-order valence-corrected chi connectivity index (χ1v) is 9.76. The summed E-state index contributed by atoms with van der Waals surface area (Å²) in [5, 5.41) is 1.09. The molecule has 0 bridgehead atoms. The number of aromatic nitrogens is 1. The van der Waals surface area contributed by atoms with E-state index >= 15 is 0 Å². The first-order chi connectivity index (χ1) is 15.4. The van der Waals surface area contributed by atoms with Gasteiger partial charge in [-0.25, -0.2) is 4.39 Å². The van der Waals surface area contributed by atoms with Gasteiger partial charge in [-0.3, -0.25) is 19.5 Å². The molecule has 0 spiro atoms. The molecular formula is C23H15F3N2O4. The van der Waals surface area contributed by atoms with E-state index in [0.717, 1.165) is 11.0 Å². The van der Waals surface area contributed by atoms with Crippen LogP contribution in [-0.2, 0) is 4.79 Å². The van der Waals surface area contributed by atoms with Crippen molar-refractivity contribution in [3.8, 4) is 5.75 Å². The smallest absolute Gasteiger partial charge is 0.387 e. The van der Waals surface area contributed by atoms with Crippen LogP contribution < -0.4 is 4.74 Å². The highest BCUT2D eigenvalue weighted by Gasteiger charge is 2.37. The summed E-state index contributed by atoms with van der Waals surface area (Å²) >= 11 is 0. The molecule has 2 amide bonds. The maximum Gasteiger partial charge on any atom is 0.387 e. The molecule has 2 aromatic heterocycles. The van der Waals surface area contributed by atoms with E-state index in [0.29, 0.717) is 21.9 Å². The van der Waals surface area contributed by atoms with Crippen molar-refractivity contribution in [3.63, 3.8) is 0 Å². The lowest BCUT2D eigenvalue weighted by molar-refractivity contribution is -0.125. The summed E-state index contributed by atoms with van der Waals surface area (Å²) in [7, 11) is 0. The summed E-state index contributed by atoms with van der Waals surface area (Å²) in [5.74, 6) is -2.12. The predicted molar refractivity (Wildman–Crippen MR) is 108 cm³/mol. The van der Waals surface area contributed by atoms with E-state index < -0.39 is 30.2 Å². The molecule has 5 rings (SSSR count). The molecule has 1 unspecified atom stereocenters. The van der Waals surface area contributed by atoms with Crippen molar-refractivity contribution in [1.29, 1.82) is 0 Å². The maximum absolute atomic E-state index is 13.5. The average molecular weight is 440 g/mol. The fraction of sp³-hybridized carbons (Fsp3) is 0.174. The normalized spacial score (nSPS) is 16.4. The van der Waals surface area contributed by atoms with Crippen LogP contribution in [-0.4, -0.2) is 34.9 Å². The molecule has 9 heteroatoms. The second kappa shape index (κ2) is 7.67. The molecule has 0 N–H and O–H groups in total. The minimum absolute atomic E-state index is 0.0259. The zero-order chi connectivity index (χ0) is 22.4. The predicted octanol–water partition coefficient (Wildman–Crippen LogP) is 4.88. The summed E-state index contributed by atoms with van der Waals surface area (Å²) in [6.07, 6.45) is 3.08. The minimum atomic E-state index is -3.04. The standard InChI is InChI=1S/C23H15F3N2O4/c24-14-3-1-2-12(8-14)22(30)28-11-13(9-19(28)29)15-4-5-18(32-23(25)26)21-20(15)16-10-27-7-6-17(16)31-21/h1-8,10,13,23H,9,11H2. The number of amides is 2. The molecule has 4 aromatic rings. The van der Waals surface area contributed by atoms with E-state index in [-0.39, 0.29) is 29.9 Å². The van der Waals surface area contributed by atoms with Gasteiger partial charge in [0.2, 0.25) is 5.91 Å². The number of carbonyl (C=O) groups is 2.